The number of benzene rings is 1. The third-order valence-corrected chi connectivity index (χ3v) is 2.99. The zero-order valence-electron chi connectivity index (χ0n) is 13.6. The molecule has 2 heteroatoms. The van der Waals surface area contributed by atoms with Gasteiger partial charge in [-0.1, -0.05) is 36.6 Å². The minimum atomic E-state index is 0.0621. The maximum Gasteiger partial charge on any atom is 0.178 e. The van der Waals surface area contributed by atoms with Crippen molar-refractivity contribution in [2.75, 3.05) is 6.61 Å². The largest absolute Gasteiger partial charge is 0.494 e. The minimum absolute atomic E-state index is 0.0621. The van der Waals surface area contributed by atoms with Crippen LogP contribution in [0, 0.1) is 0 Å². The van der Waals surface area contributed by atoms with Crippen LogP contribution in [0.1, 0.15) is 46.1 Å². The lowest BCUT2D eigenvalue weighted by molar-refractivity contribution is -0.110. The van der Waals surface area contributed by atoms with Gasteiger partial charge in [0.2, 0.25) is 0 Å². The number of carbonyl (C=O) groups excluding carboxylic acids is 1. The number of ether oxygens (including phenoxy) is 1. The van der Waals surface area contributed by atoms with Gasteiger partial charge in [0.15, 0.2) is 5.78 Å². The van der Waals surface area contributed by atoms with E-state index >= 15 is 0 Å². The number of hydrogen-bond donors (Lipinski definition) is 0. The van der Waals surface area contributed by atoms with Gasteiger partial charge < -0.3 is 4.74 Å². The lowest BCUT2D eigenvalue weighted by Gasteiger charge is -2.07. The Morgan fingerprint density at radius 3 is 2.33 bits per heavy atom. The Kier molecular flexibility index (Phi) is 7.52. The summed E-state index contributed by atoms with van der Waals surface area (Å²) in [6.45, 7) is 8.77. The predicted molar refractivity (Wildman–Crippen MR) is 88.7 cm³/mol. The van der Waals surface area contributed by atoms with Gasteiger partial charge in [0.05, 0.1) is 6.61 Å². The zero-order chi connectivity index (χ0) is 15.7. The van der Waals surface area contributed by atoms with Crippen molar-refractivity contribution in [1.29, 1.82) is 0 Å². The van der Waals surface area contributed by atoms with Crippen molar-refractivity contribution in [2.45, 2.75) is 47.0 Å². The maximum absolute atomic E-state index is 11.7. The SMILES string of the molecule is CCCCOc1ccc(CC(C)=CC(=O)C=C(C)C)cc1. The van der Waals surface area contributed by atoms with Gasteiger partial charge in [-0.25, -0.2) is 0 Å². The lowest BCUT2D eigenvalue weighted by Crippen LogP contribution is -1.97. The summed E-state index contributed by atoms with van der Waals surface area (Å²) in [5, 5.41) is 0. The summed E-state index contributed by atoms with van der Waals surface area (Å²) >= 11 is 0. The van der Waals surface area contributed by atoms with Crippen molar-refractivity contribution in [2.24, 2.45) is 0 Å². The molecule has 0 aromatic heterocycles. The van der Waals surface area contributed by atoms with Crippen molar-refractivity contribution in [3.05, 3.63) is 53.1 Å². The highest BCUT2D eigenvalue weighted by molar-refractivity contribution is 6.00. The summed E-state index contributed by atoms with van der Waals surface area (Å²) in [4.78, 5) is 11.7. The van der Waals surface area contributed by atoms with Gasteiger partial charge in [-0.3, -0.25) is 4.79 Å². The van der Waals surface area contributed by atoms with Crippen molar-refractivity contribution >= 4 is 5.78 Å². The van der Waals surface area contributed by atoms with Crippen LogP contribution < -0.4 is 4.74 Å². The highest BCUT2D eigenvalue weighted by Crippen LogP contribution is 2.15. The van der Waals surface area contributed by atoms with Crippen molar-refractivity contribution in [1.82, 2.24) is 0 Å². The van der Waals surface area contributed by atoms with Crippen LogP contribution in [0.25, 0.3) is 0 Å². The molecule has 0 aliphatic heterocycles. The van der Waals surface area contributed by atoms with Crippen LogP contribution in [-0.4, -0.2) is 12.4 Å². The Morgan fingerprint density at radius 2 is 1.76 bits per heavy atom. The molecule has 21 heavy (non-hydrogen) atoms. The second-order valence-corrected chi connectivity index (χ2v) is 5.64. The third kappa shape index (κ3) is 7.50. The van der Waals surface area contributed by atoms with Crippen molar-refractivity contribution < 1.29 is 9.53 Å². The fourth-order valence-electron chi connectivity index (χ4n) is 1.98. The van der Waals surface area contributed by atoms with Gasteiger partial charge in [-0.15, -0.1) is 0 Å². The lowest BCUT2D eigenvalue weighted by atomic mass is 10.0. The molecule has 0 amide bonds. The number of unbranched alkanes of at least 4 members (excludes halogenated alkanes) is 1. The first-order valence-corrected chi connectivity index (χ1v) is 7.59. The molecule has 0 unspecified atom stereocenters. The quantitative estimate of drug-likeness (QED) is 0.502. The van der Waals surface area contributed by atoms with E-state index in [1.807, 2.05) is 32.9 Å². The molecular weight excluding hydrogens is 260 g/mol. The van der Waals surface area contributed by atoms with E-state index in [4.69, 9.17) is 4.74 Å². The minimum Gasteiger partial charge on any atom is -0.494 e. The van der Waals surface area contributed by atoms with E-state index in [2.05, 4.69) is 19.1 Å². The highest BCUT2D eigenvalue weighted by Gasteiger charge is 1.99. The molecule has 0 N–H and O–H groups in total. The molecule has 1 rings (SSSR count). The molecule has 0 spiro atoms. The number of allylic oxidation sites excluding steroid dienone is 4. The Bertz CT molecular complexity index is 503. The Balaban J connectivity index is 2.57. The van der Waals surface area contributed by atoms with E-state index in [0.29, 0.717) is 0 Å². The molecule has 1 aromatic rings. The Labute approximate surface area is 128 Å². The molecule has 1 aromatic carbocycles. The zero-order valence-corrected chi connectivity index (χ0v) is 13.6. The average Bonchev–Trinajstić information content (AvgIpc) is 2.39. The molecule has 114 valence electrons. The molecule has 2 nitrogen and oxygen atoms in total. The first kappa shape index (κ1) is 17.2. The molecule has 0 aliphatic carbocycles. The van der Waals surface area contributed by atoms with Gasteiger partial charge >= 0.3 is 0 Å². The predicted octanol–water partition coefficient (Wildman–Crippen LogP) is 4.89. The van der Waals surface area contributed by atoms with Gasteiger partial charge in [-0.05, 0) is 63.5 Å². The maximum atomic E-state index is 11.7. The molecule has 0 radical (unpaired) electrons. The van der Waals surface area contributed by atoms with Gasteiger partial charge in [0.1, 0.15) is 5.75 Å². The normalized spacial score (nSPS) is 11.1. The molecule has 0 saturated heterocycles. The van der Waals surface area contributed by atoms with Crippen LogP contribution in [0.2, 0.25) is 0 Å². The van der Waals surface area contributed by atoms with Crippen LogP contribution in [0.15, 0.2) is 47.6 Å². The summed E-state index contributed by atoms with van der Waals surface area (Å²) in [5.41, 5.74) is 3.28. The number of carbonyl (C=O) groups is 1. The van der Waals surface area contributed by atoms with E-state index in [1.54, 1.807) is 12.2 Å². The summed E-state index contributed by atoms with van der Waals surface area (Å²) in [6.07, 6.45) is 6.38. The topological polar surface area (TPSA) is 26.3 Å². The van der Waals surface area contributed by atoms with Gasteiger partial charge in [0, 0.05) is 0 Å². The number of rotatable bonds is 8. The smallest absolute Gasteiger partial charge is 0.178 e. The summed E-state index contributed by atoms with van der Waals surface area (Å²) < 4.78 is 5.64. The van der Waals surface area contributed by atoms with Gasteiger partial charge in [-0.2, -0.15) is 0 Å². The number of ketones is 1. The van der Waals surface area contributed by atoms with E-state index in [1.165, 1.54) is 5.56 Å². The average molecular weight is 286 g/mol. The fourth-order valence-corrected chi connectivity index (χ4v) is 1.98. The molecule has 0 atom stereocenters. The van der Waals surface area contributed by atoms with E-state index in [0.717, 1.165) is 42.8 Å². The number of hydrogen-bond acceptors (Lipinski definition) is 2. The van der Waals surface area contributed by atoms with Crippen LogP contribution in [0.3, 0.4) is 0 Å². The molecular formula is C19H26O2. The third-order valence-electron chi connectivity index (χ3n) is 2.99. The highest BCUT2D eigenvalue weighted by atomic mass is 16.5. The first-order chi connectivity index (χ1) is 10.0. The monoisotopic (exact) mass is 286 g/mol. The van der Waals surface area contributed by atoms with Crippen molar-refractivity contribution in [3.8, 4) is 5.75 Å². The summed E-state index contributed by atoms with van der Waals surface area (Å²) in [5.74, 6) is 0.974. The summed E-state index contributed by atoms with van der Waals surface area (Å²) in [6, 6.07) is 8.11. The second-order valence-electron chi connectivity index (χ2n) is 5.64. The molecule has 0 heterocycles. The van der Waals surface area contributed by atoms with E-state index in [-0.39, 0.29) is 5.78 Å². The molecule has 0 bridgehead atoms. The Morgan fingerprint density at radius 1 is 1.10 bits per heavy atom. The van der Waals surface area contributed by atoms with Crippen LogP contribution in [0.4, 0.5) is 0 Å². The molecule has 0 saturated carbocycles. The van der Waals surface area contributed by atoms with Crippen molar-refractivity contribution in [3.63, 3.8) is 0 Å². The second kappa shape index (κ2) is 9.17. The summed E-state index contributed by atoms with van der Waals surface area (Å²) in [7, 11) is 0. The van der Waals surface area contributed by atoms with Gasteiger partial charge in [0.25, 0.3) is 0 Å². The first-order valence-electron chi connectivity index (χ1n) is 7.59. The standard InChI is InChI=1S/C19H26O2/c1-5-6-11-21-19-9-7-17(8-10-19)13-16(4)14-18(20)12-15(2)3/h7-10,12,14H,5-6,11,13H2,1-4H3. The fraction of sp³-hybridized carbons (Fsp3) is 0.421. The van der Waals surface area contributed by atoms with Crippen LogP contribution >= 0.6 is 0 Å². The van der Waals surface area contributed by atoms with Crippen LogP contribution in [0.5, 0.6) is 5.75 Å². The Hall–Kier alpha value is -1.83. The van der Waals surface area contributed by atoms with E-state index < -0.39 is 0 Å². The van der Waals surface area contributed by atoms with Crippen LogP contribution in [-0.2, 0) is 11.2 Å². The molecule has 0 fully saturated rings. The van der Waals surface area contributed by atoms with E-state index in [9.17, 15) is 4.79 Å². The molecule has 0 aliphatic rings.